The van der Waals surface area contributed by atoms with E-state index in [0.29, 0.717) is 96.2 Å². The number of hydrogen-bond acceptors (Lipinski definition) is 21. The van der Waals surface area contributed by atoms with Crippen molar-refractivity contribution in [2.75, 3.05) is 140 Å². The van der Waals surface area contributed by atoms with E-state index >= 15 is 0 Å². The monoisotopic (exact) mass is 1520 g/mol. The number of carbonyl (C=O) groups excluding carboxylic acids is 11. The fourth-order valence-corrected chi connectivity index (χ4v) is 12.2. The molecular formula is C75H93ClN12O20. The molecule has 2 aliphatic rings. The summed E-state index contributed by atoms with van der Waals surface area (Å²) < 4.78 is 44.4. The number of alkyl halides is 1. The molecule has 33 heteroatoms. The van der Waals surface area contributed by atoms with Crippen LogP contribution in [0.4, 0.5) is 36.2 Å². The highest BCUT2D eigenvalue weighted by Crippen LogP contribution is 2.47. The van der Waals surface area contributed by atoms with Gasteiger partial charge in [-0.25, -0.2) is 24.2 Å². The molecule has 0 unspecified atom stereocenters. The number of aromatic nitrogens is 2. The molecule has 6 aromatic rings. The van der Waals surface area contributed by atoms with Crippen LogP contribution in [0, 0.1) is 18.8 Å². The average molecular weight is 1520 g/mol. The number of unbranched alkanes of at least 4 members (excludes halogenated alkanes) is 1. The minimum atomic E-state index is -1.05. The quantitative estimate of drug-likeness (QED) is 0.0108. The van der Waals surface area contributed by atoms with Gasteiger partial charge in [-0.15, -0.1) is 11.6 Å². The van der Waals surface area contributed by atoms with Crippen LogP contribution >= 0.6 is 11.6 Å². The molecule has 10 N–H and O–H groups in total. The number of carbonyl (C=O) groups is 11. The number of alkyl carbamates (subject to hydrolysis) is 1. The highest BCUT2D eigenvalue weighted by molar-refractivity contribution is 6.20. The summed E-state index contributed by atoms with van der Waals surface area (Å²) in [5.74, 6) is -4.04. The fraction of sp³-hybridized carbons (Fsp3) is 0.440. The van der Waals surface area contributed by atoms with Gasteiger partial charge in [0, 0.05) is 111 Å². The molecule has 0 radical (unpaired) electrons. The number of amides is 11. The number of anilines is 3. The van der Waals surface area contributed by atoms with Gasteiger partial charge in [0.2, 0.25) is 11.8 Å². The van der Waals surface area contributed by atoms with Gasteiger partial charge in [0.1, 0.15) is 42.7 Å². The maximum absolute atomic E-state index is 14.8. The molecule has 0 fully saturated rings. The zero-order chi connectivity index (χ0) is 77.7. The Kier molecular flexibility index (Phi) is 32.2. The normalized spacial score (nSPS) is 13.6. The van der Waals surface area contributed by atoms with Crippen LogP contribution in [0.3, 0.4) is 0 Å². The number of pyridine rings is 1. The van der Waals surface area contributed by atoms with E-state index in [1.165, 1.54) is 23.0 Å². The number of aliphatic hydroxyl groups excluding tert-OH is 1. The molecule has 2 aliphatic heterocycles. The number of aryl methyl sites for hydroxylation is 1. The molecule has 3 atom stereocenters. The second-order valence-electron chi connectivity index (χ2n) is 25.8. The van der Waals surface area contributed by atoms with Crippen LogP contribution in [-0.4, -0.2) is 226 Å². The molecule has 4 heterocycles. The Hall–Kier alpha value is -10.8. The molecule has 0 spiro atoms. The summed E-state index contributed by atoms with van der Waals surface area (Å²) in [5.41, 5.74) is 15.0. The Balaban J connectivity index is 0.854. The van der Waals surface area contributed by atoms with Crippen LogP contribution in [0.5, 0.6) is 11.5 Å². The first-order valence-electron chi connectivity index (χ1n) is 35.5. The number of nitrogens with zero attached hydrogens (tertiary/aromatic N) is 5. The van der Waals surface area contributed by atoms with Gasteiger partial charge < -0.3 is 95.4 Å². The lowest BCUT2D eigenvalue weighted by Crippen LogP contribution is -2.46. The van der Waals surface area contributed by atoms with Crippen LogP contribution in [0.25, 0.3) is 21.8 Å². The second kappa shape index (κ2) is 42.0. The molecular weight excluding hydrogens is 1420 g/mol. The van der Waals surface area contributed by atoms with Crippen molar-refractivity contribution in [1.29, 1.82) is 0 Å². The number of halogens is 1. The Labute approximate surface area is 628 Å². The Morgan fingerprint density at radius 1 is 0.759 bits per heavy atom. The SMILES string of the molecule is Cc1cccc2c(OC(=O)N(CCCCC(N)=O)CCN(C)C(=O)OCc3ccc(NC(=O)[C@H](CCCNC(N)=O)CC(=O)[C@@H](NC(=O)OCCOCCN4C(=O)C=CC4=O)C(C)C)cc3)cc3c(c12)[C@H](CCl)CN3C(=O)c1cc2cc(NC(=O)c3ccc(OCCOCCOCCOCCO)cc3)cnc2[nH]1. The van der Waals surface area contributed by atoms with Crippen LogP contribution < -0.4 is 47.1 Å². The van der Waals surface area contributed by atoms with Crippen molar-refractivity contribution in [3.05, 3.63) is 131 Å². The maximum atomic E-state index is 14.8. The number of ketones is 1. The molecule has 8 rings (SSSR count). The Morgan fingerprint density at radius 3 is 2.14 bits per heavy atom. The number of H-pyrrole nitrogens is 1. The van der Waals surface area contributed by atoms with E-state index in [-0.39, 0.29) is 134 Å². The van der Waals surface area contributed by atoms with E-state index in [4.69, 9.17) is 66.1 Å². The summed E-state index contributed by atoms with van der Waals surface area (Å²) in [5, 5.41) is 21.4. The molecule has 4 aromatic carbocycles. The van der Waals surface area contributed by atoms with E-state index in [1.807, 2.05) is 25.1 Å². The number of hydrogen-bond donors (Lipinski definition) is 8. The van der Waals surface area contributed by atoms with Crippen molar-refractivity contribution < 1.29 is 95.7 Å². The van der Waals surface area contributed by atoms with Gasteiger partial charge in [0.05, 0.1) is 89.6 Å². The number of rotatable bonds is 44. The number of nitrogens with two attached hydrogens (primary N) is 2. The first kappa shape index (κ1) is 82.9. The predicted octanol–water partition coefficient (Wildman–Crippen LogP) is 7.06. The van der Waals surface area contributed by atoms with Crippen molar-refractivity contribution in [1.82, 2.24) is 35.3 Å². The van der Waals surface area contributed by atoms with Crippen molar-refractivity contribution >= 4 is 116 Å². The summed E-state index contributed by atoms with van der Waals surface area (Å²) in [6, 6.07) is 21.8. The van der Waals surface area contributed by atoms with E-state index < -0.39 is 83.4 Å². The number of aromatic amines is 1. The number of aliphatic hydroxyl groups is 1. The largest absolute Gasteiger partial charge is 0.491 e. The highest BCUT2D eigenvalue weighted by atomic mass is 35.5. The number of primary amides is 2. The molecule has 2 aromatic heterocycles. The lowest BCUT2D eigenvalue weighted by atomic mass is 9.89. The Bertz CT molecular complexity index is 4140. The number of Topliss-reactive ketones (excluding diaryl/α,β-unsaturated/α-hetero) is 1. The zero-order valence-electron chi connectivity index (χ0n) is 60.8. The molecule has 0 aliphatic carbocycles. The number of urea groups is 1. The van der Waals surface area contributed by atoms with Gasteiger partial charge in [-0.05, 0) is 109 Å². The number of fused-ring (bicyclic) bond motifs is 4. The summed E-state index contributed by atoms with van der Waals surface area (Å²) in [6.45, 7) is 7.65. The molecule has 0 saturated heterocycles. The van der Waals surface area contributed by atoms with E-state index in [1.54, 1.807) is 85.5 Å². The van der Waals surface area contributed by atoms with E-state index in [9.17, 15) is 52.7 Å². The van der Waals surface area contributed by atoms with Crippen LogP contribution in [0.1, 0.15) is 95.8 Å². The number of ether oxygens (including phenoxy) is 8. The minimum absolute atomic E-state index is 0.0139. The second-order valence-corrected chi connectivity index (χ2v) is 26.1. The lowest BCUT2D eigenvalue weighted by Gasteiger charge is -2.26. The third-order valence-electron chi connectivity index (χ3n) is 17.5. The van der Waals surface area contributed by atoms with Gasteiger partial charge in [0.15, 0.2) is 5.78 Å². The summed E-state index contributed by atoms with van der Waals surface area (Å²) in [6.07, 6.45) is 2.28. The number of imide groups is 1. The molecule has 0 saturated carbocycles. The van der Waals surface area contributed by atoms with Crippen LogP contribution in [0.15, 0.2) is 103 Å². The molecule has 32 nitrogen and oxygen atoms in total. The van der Waals surface area contributed by atoms with Crippen molar-refractivity contribution in [2.45, 2.75) is 77.9 Å². The van der Waals surface area contributed by atoms with Gasteiger partial charge >= 0.3 is 24.3 Å². The molecule has 108 heavy (non-hydrogen) atoms. The van der Waals surface area contributed by atoms with Crippen molar-refractivity contribution in [2.24, 2.45) is 23.3 Å². The van der Waals surface area contributed by atoms with Gasteiger partial charge in [-0.1, -0.05) is 44.2 Å². The van der Waals surface area contributed by atoms with Gasteiger partial charge in [-0.2, -0.15) is 0 Å². The van der Waals surface area contributed by atoms with Crippen LogP contribution in [-0.2, 0) is 59.0 Å². The molecule has 0 bridgehead atoms. The fourth-order valence-electron chi connectivity index (χ4n) is 11.9. The molecule has 11 amide bonds. The predicted molar refractivity (Wildman–Crippen MR) is 398 cm³/mol. The third-order valence-corrected chi connectivity index (χ3v) is 17.9. The van der Waals surface area contributed by atoms with Gasteiger partial charge in [-0.3, -0.25) is 38.5 Å². The van der Waals surface area contributed by atoms with E-state index in [0.717, 1.165) is 33.6 Å². The summed E-state index contributed by atoms with van der Waals surface area (Å²) >= 11 is 6.70. The third kappa shape index (κ3) is 24.6. The average Bonchev–Trinajstić information content (AvgIpc) is 1.55. The lowest BCUT2D eigenvalue weighted by molar-refractivity contribution is -0.137. The Morgan fingerprint density at radius 2 is 1.45 bits per heavy atom. The number of likely N-dealkylation sites (N-methyl/N-ethyl adjacent to an activating group) is 1. The maximum Gasteiger partial charge on any atom is 0.415 e. The smallest absolute Gasteiger partial charge is 0.415 e. The first-order chi connectivity index (χ1) is 52.0. The number of nitrogens with one attached hydrogen (secondary N) is 5. The minimum Gasteiger partial charge on any atom is -0.491 e. The van der Waals surface area contributed by atoms with Crippen molar-refractivity contribution in [3.8, 4) is 11.5 Å². The highest BCUT2D eigenvalue weighted by Gasteiger charge is 2.37. The number of benzene rings is 4. The van der Waals surface area contributed by atoms with E-state index in [2.05, 4.69) is 31.2 Å². The van der Waals surface area contributed by atoms with Gasteiger partial charge in [0.25, 0.3) is 23.6 Å². The summed E-state index contributed by atoms with van der Waals surface area (Å²) in [4.78, 5) is 156. The topological polar surface area (TPSA) is 424 Å². The standard InChI is InChI=1S/C75H93ClN12O20/c1-47(2)67(84-73(98)106-38-36-101-29-27-87-63(92)21-22-64(87)93)60(90)41-51(10-8-23-79-72(78)97)70(95)81-54-17-13-49(14-18-54)46-107-74(99)85(4)25-26-86(24-6-5-12-62(77)91)75(100)108-61-42-59-66(65-48(3)9-7-11-57(61)65)53(43-76)45-88(59)71(96)58-40-52-39-55(44-80-68(52)83-58)82-69(94)50-15-19-56(20-16-50)105-37-35-104-34-33-103-32-31-102-30-28-89/h7,9,11,13-22,39-40,42,44,47,51,53,67,89H,5-6,8,10,12,23-38,41,43,45-46H2,1-4H3,(H2,77,91)(H,80,83)(H,81,95)(H,82,94)(H,84,98)(H3,78,79,97)/t51-,53-,67+/m1/s1. The summed E-state index contributed by atoms with van der Waals surface area (Å²) in [7, 11) is 1.50. The first-order valence-corrected chi connectivity index (χ1v) is 36.0. The van der Waals surface area contributed by atoms with Crippen LogP contribution in [0.2, 0.25) is 0 Å². The molecule has 580 valence electrons. The van der Waals surface area contributed by atoms with Crippen molar-refractivity contribution in [3.63, 3.8) is 0 Å². The zero-order valence-corrected chi connectivity index (χ0v) is 61.5.